The van der Waals surface area contributed by atoms with Crippen LogP contribution in [0.1, 0.15) is 17.5 Å². The van der Waals surface area contributed by atoms with E-state index in [9.17, 15) is 4.39 Å². The normalized spacial score (nSPS) is 10.5. The Morgan fingerprint density at radius 1 is 1.07 bits per heavy atom. The van der Waals surface area contributed by atoms with Gasteiger partial charge in [-0.3, -0.25) is 0 Å². The number of hydrogen-bond acceptors (Lipinski definition) is 2. The quantitative estimate of drug-likeness (QED) is 0.748. The topological polar surface area (TPSA) is 40.5 Å². The number of benzene rings is 1. The highest BCUT2D eigenvalue weighted by molar-refractivity contribution is 5.24. The van der Waals surface area contributed by atoms with E-state index in [-0.39, 0.29) is 19.0 Å². The van der Waals surface area contributed by atoms with Crippen molar-refractivity contribution in [2.45, 2.75) is 19.3 Å². The van der Waals surface area contributed by atoms with Crippen molar-refractivity contribution in [2.24, 2.45) is 0 Å². The highest BCUT2D eigenvalue weighted by Gasteiger charge is 2.02. The lowest BCUT2D eigenvalue weighted by Crippen LogP contribution is -1.97. The van der Waals surface area contributed by atoms with Gasteiger partial charge in [-0.15, -0.1) is 0 Å². The Bertz CT molecular complexity index is 287. The Hall–Kier alpha value is -0.930. The van der Waals surface area contributed by atoms with Gasteiger partial charge >= 0.3 is 0 Å². The second-order valence-electron chi connectivity index (χ2n) is 3.23. The van der Waals surface area contributed by atoms with Crippen LogP contribution in [0.5, 0.6) is 0 Å². The second kappa shape index (κ2) is 5.73. The largest absolute Gasteiger partial charge is 0.396 e. The first-order valence-electron chi connectivity index (χ1n) is 4.77. The molecule has 0 fully saturated rings. The van der Waals surface area contributed by atoms with Crippen LogP contribution in [-0.4, -0.2) is 23.4 Å². The predicted molar refractivity (Wildman–Crippen MR) is 52.6 cm³/mol. The summed E-state index contributed by atoms with van der Waals surface area (Å²) < 4.78 is 13.3. The third kappa shape index (κ3) is 3.09. The van der Waals surface area contributed by atoms with E-state index in [0.29, 0.717) is 24.8 Å². The summed E-state index contributed by atoms with van der Waals surface area (Å²) >= 11 is 0. The first-order chi connectivity index (χ1) is 6.77. The van der Waals surface area contributed by atoms with Crippen LogP contribution in [-0.2, 0) is 12.8 Å². The molecular weight excluding hydrogens is 183 g/mol. The number of halogens is 1. The molecule has 0 bridgehead atoms. The summed E-state index contributed by atoms with van der Waals surface area (Å²) in [6, 6.07) is 4.98. The van der Waals surface area contributed by atoms with Crippen molar-refractivity contribution in [2.75, 3.05) is 13.2 Å². The Labute approximate surface area is 83.0 Å². The lowest BCUT2D eigenvalue weighted by atomic mass is 10.1. The molecule has 1 rings (SSSR count). The SMILES string of the molecule is OCCCc1ccc(CCO)cc1F. The molecule has 1 aromatic rings. The molecule has 78 valence electrons. The Kier molecular flexibility index (Phi) is 4.56. The zero-order valence-electron chi connectivity index (χ0n) is 8.04. The van der Waals surface area contributed by atoms with E-state index in [2.05, 4.69) is 0 Å². The van der Waals surface area contributed by atoms with Crippen LogP contribution in [0.3, 0.4) is 0 Å². The summed E-state index contributed by atoms with van der Waals surface area (Å²) in [5, 5.41) is 17.3. The summed E-state index contributed by atoms with van der Waals surface area (Å²) in [5.74, 6) is -0.246. The van der Waals surface area contributed by atoms with Crippen LogP contribution in [0.4, 0.5) is 4.39 Å². The van der Waals surface area contributed by atoms with Gasteiger partial charge in [0.25, 0.3) is 0 Å². The van der Waals surface area contributed by atoms with Crippen LogP contribution in [0.15, 0.2) is 18.2 Å². The smallest absolute Gasteiger partial charge is 0.126 e. The van der Waals surface area contributed by atoms with E-state index in [1.54, 1.807) is 6.07 Å². The number of aliphatic hydroxyl groups is 2. The maximum absolute atomic E-state index is 13.3. The zero-order valence-corrected chi connectivity index (χ0v) is 8.04. The van der Waals surface area contributed by atoms with Gasteiger partial charge in [0.05, 0.1) is 0 Å². The van der Waals surface area contributed by atoms with E-state index < -0.39 is 0 Å². The number of hydrogen-bond donors (Lipinski definition) is 2. The van der Waals surface area contributed by atoms with Crippen molar-refractivity contribution < 1.29 is 14.6 Å². The lowest BCUT2D eigenvalue weighted by Gasteiger charge is -2.04. The number of aliphatic hydroxyl groups excluding tert-OH is 2. The molecule has 0 radical (unpaired) electrons. The predicted octanol–water partition coefficient (Wildman–Crippen LogP) is 1.29. The monoisotopic (exact) mass is 198 g/mol. The summed E-state index contributed by atoms with van der Waals surface area (Å²) in [6.07, 6.45) is 1.62. The van der Waals surface area contributed by atoms with Gasteiger partial charge in [-0.2, -0.15) is 0 Å². The molecular formula is C11H15FO2. The minimum atomic E-state index is -0.246. The standard InChI is InChI=1S/C11H15FO2/c12-11-8-9(5-7-14)3-4-10(11)2-1-6-13/h3-4,8,13-14H,1-2,5-7H2. The Balaban J connectivity index is 2.68. The van der Waals surface area contributed by atoms with Gasteiger partial charge in [0.2, 0.25) is 0 Å². The zero-order chi connectivity index (χ0) is 10.4. The van der Waals surface area contributed by atoms with Crippen LogP contribution in [0, 0.1) is 5.82 Å². The van der Waals surface area contributed by atoms with E-state index in [1.165, 1.54) is 6.07 Å². The van der Waals surface area contributed by atoms with Gasteiger partial charge in [-0.25, -0.2) is 4.39 Å². The minimum absolute atomic E-state index is 0.0371. The highest BCUT2D eigenvalue weighted by atomic mass is 19.1. The minimum Gasteiger partial charge on any atom is -0.396 e. The maximum atomic E-state index is 13.3. The van der Waals surface area contributed by atoms with Crippen molar-refractivity contribution in [1.29, 1.82) is 0 Å². The molecule has 0 aliphatic carbocycles. The average molecular weight is 198 g/mol. The van der Waals surface area contributed by atoms with Crippen LogP contribution in [0.25, 0.3) is 0 Å². The number of rotatable bonds is 5. The molecule has 14 heavy (non-hydrogen) atoms. The van der Waals surface area contributed by atoms with Gasteiger partial charge in [0, 0.05) is 13.2 Å². The summed E-state index contributed by atoms with van der Waals surface area (Å²) in [7, 11) is 0. The van der Waals surface area contributed by atoms with Crippen molar-refractivity contribution in [3.63, 3.8) is 0 Å². The Morgan fingerprint density at radius 3 is 2.43 bits per heavy atom. The van der Waals surface area contributed by atoms with E-state index in [1.807, 2.05) is 6.07 Å². The van der Waals surface area contributed by atoms with Crippen molar-refractivity contribution in [3.05, 3.63) is 35.1 Å². The van der Waals surface area contributed by atoms with Gasteiger partial charge < -0.3 is 10.2 Å². The molecule has 0 unspecified atom stereocenters. The van der Waals surface area contributed by atoms with E-state index >= 15 is 0 Å². The highest BCUT2D eigenvalue weighted by Crippen LogP contribution is 2.12. The molecule has 0 aliphatic rings. The molecule has 1 aromatic carbocycles. The lowest BCUT2D eigenvalue weighted by molar-refractivity contribution is 0.288. The van der Waals surface area contributed by atoms with Crippen molar-refractivity contribution in [1.82, 2.24) is 0 Å². The Morgan fingerprint density at radius 2 is 1.86 bits per heavy atom. The van der Waals surface area contributed by atoms with Gasteiger partial charge in [0.15, 0.2) is 0 Å². The summed E-state index contributed by atoms with van der Waals surface area (Å²) in [6.45, 7) is 0.118. The van der Waals surface area contributed by atoms with Crippen LogP contribution < -0.4 is 0 Å². The van der Waals surface area contributed by atoms with Crippen molar-refractivity contribution >= 4 is 0 Å². The first-order valence-corrected chi connectivity index (χ1v) is 4.77. The van der Waals surface area contributed by atoms with Gasteiger partial charge in [-0.1, -0.05) is 12.1 Å². The molecule has 0 saturated carbocycles. The fourth-order valence-corrected chi connectivity index (χ4v) is 1.35. The maximum Gasteiger partial charge on any atom is 0.126 e. The number of aryl methyl sites for hydroxylation is 1. The van der Waals surface area contributed by atoms with E-state index in [0.717, 1.165) is 5.56 Å². The molecule has 3 heteroatoms. The van der Waals surface area contributed by atoms with Gasteiger partial charge in [0.1, 0.15) is 5.82 Å². The average Bonchev–Trinajstić information content (AvgIpc) is 2.17. The third-order valence-corrected chi connectivity index (χ3v) is 2.12. The molecule has 2 nitrogen and oxygen atoms in total. The third-order valence-electron chi connectivity index (χ3n) is 2.12. The van der Waals surface area contributed by atoms with E-state index in [4.69, 9.17) is 10.2 Å². The fraction of sp³-hybridized carbons (Fsp3) is 0.455. The van der Waals surface area contributed by atoms with Gasteiger partial charge in [-0.05, 0) is 36.5 Å². The first kappa shape index (κ1) is 11.1. The van der Waals surface area contributed by atoms with Crippen molar-refractivity contribution in [3.8, 4) is 0 Å². The molecule has 0 aliphatic heterocycles. The fourth-order valence-electron chi connectivity index (χ4n) is 1.35. The van der Waals surface area contributed by atoms with Crippen LogP contribution >= 0.6 is 0 Å². The molecule has 0 heterocycles. The van der Waals surface area contributed by atoms with Crippen LogP contribution in [0.2, 0.25) is 0 Å². The summed E-state index contributed by atoms with van der Waals surface area (Å²) in [4.78, 5) is 0. The summed E-state index contributed by atoms with van der Waals surface area (Å²) in [5.41, 5.74) is 1.43. The molecule has 2 N–H and O–H groups in total. The molecule has 0 aromatic heterocycles. The second-order valence-corrected chi connectivity index (χ2v) is 3.23. The molecule has 0 amide bonds. The molecule has 0 spiro atoms. The molecule has 0 saturated heterocycles. The molecule has 0 atom stereocenters.